The molecular formula is C15H22N2O4. The van der Waals surface area contributed by atoms with Gasteiger partial charge in [-0.1, -0.05) is 0 Å². The first-order valence-electron chi connectivity index (χ1n) is 7.32. The average molecular weight is 294 g/mol. The Morgan fingerprint density at radius 3 is 3.05 bits per heavy atom. The number of aliphatic carboxylic acids is 1. The molecule has 1 amide bonds. The molecule has 1 aliphatic heterocycles. The van der Waals surface area contributed by atoms with Gasteiger partial charge in [0.25, 0.3) is 0 Å². The molecule has 6 heteroatoms. The van der Waals surface area contributed by atoms with E-state index in [-0.39, 0.29) is 18.4 Å². The number of carboxylic acid groups (broad SMARTS) is 1. The molecule has 2 atom stereocenters. The van der Waals surface area contributed by atoms with E-state index in [0.29, 0.717) is 18.9 Å². The summed E-state index contributed by atoms with van der Waals surface area (Å²) in [4.78, 5) is 24.8. The van der Waals surface area contributed by atoms with Gasteiger partial charge < -0.3 is 14.8 Å². The van der Waals surface area contributed by atoms with E-state index in [2.05, 4.69) is 10.2 Å². The minimum atomic E-state index is -0.752. The van der Waals surface area contributed by atoms with E-state index < -0.39 is 5.97 Å². The van der Waals surface area contributed by atoms with Gasteiger partial charge in [-0.25, -0.2) is 0 Å². The lowest BCUT2D eigenvalue weighted by Crippen LogP contribution is -2.43. The molecule has 0 spiro atoms. The van der Waals surface area contributed by atoms with Crippen molar-refractivity contribution >= 4 is 11.9 Å². The normalized spacial score (nSPS) is 20.3. The fraction of sp³-hybridized carbons (Fsp3) is 0.600. The van der Waals surface area contributed by atoms with E-state index in [0.717, 1.165) is 25.3 Å². The minimum absolute atomic E-state index is 0.0229. The first kappa shape index (κ1) is 15.6. The summed E-state index contributed by atoms with van der Waals surface area (Å²) in [6, 6.07) is 3.41. The Kier molecular flexibility index (Phi) is 5.38. The van der Waals surface area contributed by atoms with Gasteiger partial charge in [-0.15, -0.1) is 0 Å². The van der Waals surface area contributed by atoms with Gasteiger partial charge in [0.15, 0.2) is 0 Å². The van der Waals surface area contributed by atoms with Gasteiger partial charge in [-0.2, -0.15) is 0 Å². The Hall–Kier alpha value is -1.82. The lowest BCUT2D eigenvalue weighted by molar-refractivity contribution is -0.137. The van der Waals surface area contributed by atoms with Crippen molar-refractivity contribution < 1.29 is 19.1 Å². The Labute approximate surface area is 124 Å². The molecule has 0 bridgehead atoms. The van der Waals surface area contributed by atoms with Crippen LogP contribution in [0.5, 0.6) is 0 Å². The molecule has 1 fully saturated rings. The van der Waals surface area contributed by atoms with Crippen LogP contribution in [-0.4, -0.2) is 41.0 Å². The number of nitrogens with zero attached hydrogens (tertiary/aromatic N) is 1. The standard InChI is InChI=1S/C15H22N2O4/c1-11(15(20)16-9-13-3-2-8-21-13)17-7-6-12(10-17)4-5-14(18)19/h2-3,8,11-12H,4-7,9-10H2,1H3,(H,16,20)(H,18,19). The number of carbonyl (C=O) groups is 2. The van der Waals surface area contributed by atoms with Crippen molar-refractivity contribution in [2.24, 2.45) is 5.92 Å². The molecule has 2 heterocycles. The van der Waals surface area contributed by atoms with Crippen molar-refractivity contribution in [3.8, 4) is 0 Å². The van der Waals surface area contributed by atoms with Gasteiger partial charge in [0, 0.05) is 13.0 Å². The molecule has 1 saturated heterocycles. The second kappa shape index (κ2) is 7.26. The number of likely N-dealkylation sites (tertiary alicyclic amines) is 1. The third-order valence-electron chi connectivity index (χ3n) is 4.03. The zero-order valence-corrected chi connectivity index (χ0v) is 12.2. The van der Waals surface area contributed by atoms with Crippen LogP contribution in [0.2, 0.25) is 0 Å². The minimum Gasteiger partial charge on any atom is -0.481 e. The van der Waals surface area contributed by atoms with Crippen molar-refractivity contribution in [1.29, 1.82) is 0 Å². The highest BCUT2D eigenvalue weighted by Crippen LogP contribution is 2.22. The molecule has 2 rings (SSSR count). The molecule has 21 heavy (non-hydrogen) atoms. The predicted octanol–water partition coefficient (Wildman–Crippen LogP) is 1.47. The number of hydrogen-bond acceptors (Lipinski definition) is 4. The van der Waals surface area contributed by atoms with Gasteiger partial charge in [0.2, 0.25) is 5.91 Å². The van der Waals surface area contributed by atoms with Gasteiger partial charge in [0.05, 0.1) is 18.8 Å². The summed E-state index contributed by atoms with van der Waals surface area (Å²) in [5, 5.41) is 11.6. The number of rotatable bonds is 7. The summed E-state index contributed by atoms with van der Waals surface area (Å²) in [7, 11) is 0. The van der Waals surface area contributed by atoms with Crippen molar-refractivity contribution in [2.75, 3.05) is 13.1 Å². The van der Waals surface area contributed by atoms with Crippen LogP contribution in [0.4, 0.5) is 0 Å². The van der Waals surface area contributed by atoms with E-state index in [1.807, 2.05) is 13.0 Å². The molecule has 6 nitrogen and oxygen atoms in total. The molecule has 1 aromatic heterocycles. The molecule has 2 unspecified atom stereocenters. The average Bonchev–Trinajstić information content (AvgIpc) is 3.12. The molecule has 0 radical (unpaired) electrons. The fourth-order valence-electron chi connectivity index (χ4n) is 2.68. The van der Waals surface area contributed by atoms with Gasteiger partial charge in [0.1, 0.15) is 5.76 Å². The number of furan rings is 1. The van der Waals surface area contributed by atoms with Crippen LogP contribution in [-0.2, 0) is 16.1 Å². The Bertz CT molecular complexity index is 472. The van der Waals surface area contributed by atoms with E-state index in [4.69, 9.17) is 9.52 Å². The number of carbonyl (C=O) groups excluding carboxylic acids is 1. The molecule has 2 N–H and O–H groups in total. The van der Waals surface area contributed by atoms with Crippen LogP contribution in [0.15, 0.2) is 22.8 Å². The highest BCUT2D eigenvalue weighted by atomic mass is 16.4. The predicted molar refractivity (Wildman–Crippen MR) is 76.6 cm³/mol. The Balaban J connectivity index is 1.73. The molecule has 1 aromatic rings. The fourth-order valence-corrected chi connectivity index (χ4v) is 2.68. The van der Waals surface area contributed by atoms with E-state index in [1.54, 1.807) is 12.3 Å². The smallest absolute Gasteiger partial charge is 0.303 e. The summed E-state index contributed by atoms with van der Waals surface area (Å²) in [5.41, 5.74) is 0. The topological polar surface area (TPSA) is 82.8 Å². The number of hydrogen-bond donors (Lipinski definition) is 2. The lowest BCUT2D eigenvalue weighted by Gasteiger charge is -2.23. The second-order valence-electron chi connectivity index (χ2n) is 5.56. The Morgan fingerprint density at radius 2 is 2.38 bits per heavy atom. The van der Waals surface area contributed by atoms with Crippen LogP contribution in [0, 0.1) is 5.92 Å². The number of carboxylic acids is 1. The SMILES string of the molecule is CC(C(=O)NCc1ccco1)N1CCC(CCC(=O)O)C1. The number of nitrogens with one attached hydrogen (secondary N) is 1. The van der Waals surface area contributed by atoms with Gasteiger partial charge in [-0.3, -0.25) is 14.5 Å². The van der Waals surface area contributed by atoms with Crippen LogP contribution >= 0.6 is 0 Å². The maximum absolute atomic E-state index is 12.1. The monoisotopic (exact) mass is 294 g/mol. The van der Waals surface area contributed by atoms with E-state index in [1.165, 1.54) is 0 Å². The highest BCUT2D eigenvalue weighted by molar-refractivity contribution is 5.81. The maximum Gasteiger partial charge on any atom is 0.303 e. The molecule has 0 aromatic carbocycles. The third-order valence-corrected chi connectivity index (χ3v) is 4.03. The quantitative estimate of drug-likeness (QED) is 0.795. The Morgan fingerprint density at radius 1 is 1.57 bits per heavy atom. The third kappa shape index (κ3) is 4.60. The lowest BCUT2D eigenvalue weighted by atomic mass is 10.0. The summed E-state index contributed by atoms with van der Waals surface area (Å²) >= 11 is 0. The molecule has 116 valence electrons. The van der Waals surface area contributed by atoms with Gasteiger partial charge in [-0.05, 0) is 44.4 Å². The largest absolute Gasteiger partial charge is 0.481 e. The molecule has 0 saturated carbocycles. The zero-order valence-electron chi connectivity index (χ0n) is 12.2. The zero-order chi connectivity index (χ0) is 15.2. The molecular weight excluding hydrogens is 272 g/mol. The highest BCUT2D eigenvalue weighted by Gasteiger charge is 2.29. The second-order valence-corrected chi connectivity index (χ2v) is 5.56. The summed E-state index contributed by atoms with van der Waals surface area (Å²) in [6.07, 6.45) is 3.44. The van der Waals surface area contributed by atoms with E-state index >= 15 is 0 Å². The van der Waals surface area contributed by atoms with Crippen molar-refractivity contribution in [2.45, 2.75) is 38.8 Å². The summed E-state index contributed by atoms with van der Waals surface area (Å²) in [6.45, 7) is 3.92. The summed E-state index contributed by atoms with van der Waals surface area (Å²) < 4.78 is 5.18. The van der Waals surface area contributed by atoms with Crippen LogP contribution < -0.4 is 5.32 Å². The molecule has 0 aliphatic carbocycles. The van der Waals surface area contributed by atoms with Crippen LogP contribution in [0.1, 0.15) is 31.9 Å². The van der Waals surface area contributed by atoms with Crippen LogP contribution in [0.25, 0.3) is 0 Å². The first-order chi connectivity index (χ1) is 10.1. The number of amides is 1. The van der Waals surface area contributed by atoms with Crippen molar-refractivity contribution in [1.82, 2.24) is 10.2 Å². The first-order valence-corrected chi connectivity index (χ1v) is 7.32. The van der Waals surface area contributed by atoms with E-state index in [9.17, 15) is 9.59 Å². The van der Waals surface area contributed by atoms with Crippen LogP contribution in [0.3, 0.4) is 0 Å². The summed E-state index contributed by atoms with van der Waals surface area (Å²) in [5.74, 6) is 0.334. The molecule has 1 aliphatic rings. The van der Waals surface area contributed by atoms with Crippen molar-refractivity contribution in [3.05, 3.63) is 24.2 Å². The van der Waals surface area contributed by atoms with Crippen molar-refractivity contribution in [3.63, 3.8) is 0 Å². The van der Waals surface area contributed by atoms with Gasteiger partial charge >= 0.3 is 5.97 Å². The maximum atomic E-state index is 12.1.